The summed E-state index contributed by atoms with van der Waals surface area (Å²) >= 11 is 0. The molecule has 0 spiro atoms. The molecular formula is C14H19N5O. The largest absolute Gasteiger partial charge is 0.393 e. The quantitative estimate of drug-likeness (QED) is 0.785. The number of aliphatic hydroxyl groups excluding tert-OH is 1. The molecule has 0 aromatic carbocycles. The van der Waals surface area contributed by atoms with E-state index in [0.717, 1.165) is 36.5 Å². The van der Waals surface area contributed by atoms with Crippen LogP contribution in [0.4, 0.5) is 5.69 Å². The second-order valence-corrected chi connectivity index (χ2v) is 5.44. The monoisotopic (exact) mass is 273 g/mol. The third kappa shape index (κ3) is 2.65. The molecule has 1 fully saturated rings. The van der Waals surface area contributed by atoms with E-state index >= 15 is 0 Å². The molecular weight excluding hydrogens is 254 g/mol. The lowest BCUT2D eigenvalue weighted by Crippen LogP contribution is -2.22. The van der Waals surface area contributed by atoms with E-state index in [0.29, 0.717) is 0 Å². The van der Waals surface area contributed by atoms with Crippen LogP contribution < -0.4 is 5.32 Å². The van der Waals surface area contributed by atoms with Gasteiger partial charge in [-0.15, -0.1) is 0 Å². The number of H-pyrrole nitrogens is 1. The molecule has 20 heavy (non-hydrogen) atoms. The molecule has 1 aliphatic carbocycles. The van der Waals surface area contributed by atoms with Crippen molar-refractivity contribution in [1.82, 2.24) is 20.2 Å². The van der Waals surface area contributed by atoms with Crippen LogP contribution in [0, 0.1) is 12.8 Å². The molecule has 3 N–H and O–H groups in total. The van der Waals surface area contributed by atoms with Crippen LogP contribution in [0.3, 0.4) is 0 Å². The van der Waals surface area contributed by atoms with E-state index in [9.17, 15) is 5.11 Å². The lowest BCUT2D eigenvalue weighted by Gasteiger charge is -2.16. The fourth-order valence-corrected chi connectivity index (χ4v) is 2.87. The molecule has 1 unspecified atom stereocenters. The van der Waals surface area contributed by atoms with Gasteiger partial charge in [0.15, 0.2) is 0 Å². The van der Waals surface area contributed by atoms with Crippen molar-refractivity contribution in [3.05, 3.63) is 36.2 Å². The van der Waals surface area contributed by atoms with E-state index in [2.05, 4.69) is 25.5 Å². The summed E-state index contributed by atoms with van der Waals surface area (Å²) in [6.07, 6.45) is 6.51. The van der Waals surface area contributed by atoms with E-state index in [1.54, 1.807) is 6.20 Å². The summed E-state index contributed by atoms with van der Waals surface area (Å²) < 4.78 is 0. The highest BCUT2D eigenvalue weighted by atomic mass is 16.3. The third-order valence-electron chi connectivity index (χ3n) is 4.05. The number of aromatic nitrogens is 4. The minimum atomic E-state index is -0.292. The van der Waals surface area contributed by atoms with Crippen LogP contribution in [-0.4, -0.2) is 37.9 Å². The van der Waals surface area contributed by atoms with Gasteiger partial charge in [0, 0.05) is 36.5 Å². The minimum Gasteiger partial charge on any atom is -0.393 e. The molecule has 0 radical (unpaired) electrons. The first-order chi connectivity index (χ1) is 9.74. The Balaban J connectivity index is 1.60. The van der Waals surface area contributed by atoms with Gasteiger partial charge in [-0.25, -0.2) is 4.98 Å². The predicted octanol–water partition coefficient (Wildman–Crippen LogP) is 1.47. The predicted molar refractivity (Wildman–Crippen MR) is 75.3 cm³/mol. The van der Waals surface area contributed by atoms with E-state index in [1.165, 1.54) is 6.33 Å². The average Bonchev–Trinajstić information content (AvgIpc) is 3.07. The zero-order valence-corrected chi connectivity index (χ0v) is 11.5. The first kappa shape index (κ1) is 13.1. The van der Waals surface area contributed by atoms with Crippen LogP contribution in [0.15, 0.2) is 24.8 Å². The molecule has 0 amide bonds. The van der Waals surface area contributed by atoms with Gasteiger partial charge in [0.25, 0.3) is 0 Å². The van der Waals surface area contributed by atoms with Crippen LogP contribution in [-0.2, 0) is 0 Å². The number of aromatic amines is 1. The van der Waals surface area contributed by atoms with Crippen LogP contribution in [0.1, 0.15) is 30.1 Å². The van der Waals surface area contributed by atoms with Gasteiger partial charge in [-0.05, 0) is 31.4 Å². The van der Waals surface area contributed by atoms with Crippen LogP contribution in [0.25, 0.3) is 0 Å². The lowest BCUT2D eigenvalue weighted by molar-refractivity contribution is 0.138. The summed E-state index contributed by atoms with van der Waals surface area (Å²) in [5.41, 5.74) is 2.20. The zero-order valence-electron chi connectivity index (χ0n) is 11.5. The fourth-order valence-electron chi connectivity index (χ4n) is 2.87. The van der Waals surface area contributed by atoms with Crippen LogP contribution in [0.5, 0.6) is 0 Å². The van der Waals surface area contributed by atoms with E-state index in [1.807, 2.05) is 19.2 Å². The number of aryl methyl sites for hydroxylation is 1. The van der Waals surface area contributed by atoms with Crippen molar-refractivity contribution in [1.29, 1.82) is 0 Å². The van der Waals surface area contributed by atoms with Gasteiger partial charge >= 0.3 is 0 Å². The highest BCUT2D eigenvalue weighted by molar-refractivity contribution is 5.48. The Morgan fingerprint density at radius 3 is 3.10 bits per heavy atom. The summed E-state index contributed by atoms with van der Waals surface area (Å²) in [6.45, 7) is 2.79. The molecule has 2 aromatic rings. The van der Waals surface area contributed by atoms with E-state index in [-0.39, 0.29) is 17.9 Å². The molecule has 3 atom stereocenters. The normalized spacial score (nSPS) is 25.8. The van der Waals surface area contributed by atoms with Gasteiger partial charge in [0.1, 0.15) is 12.2 Å². The molecule has 0 saturated heterocycles. The second kappa shape index (κ2) is 5.58. The maximum Gasteiger partial charge on any atom is 0.137 e. The van der Waals surface area contributed by atoms with Gasteiger partial charge in [0.2, 0.25) is 0 Å². The molecule has 6 nitrogen and oxygen atoms in total. The topological polar surface area (TPSA) is 86.7 Å². The Morgan fingerprint density at radius 2 is 2.35 bits per heavy atom. The summed E-state index contributed by atoms with van der Waals surface area (Å²) in [6, 6.07) is 1.96. The summed E-state index contributed by atoms with van der Waals surface area (Å²) in [4.78, 5) is 8.27. The molecule has 3 rings (SSSR count). The second-order valence-electron chi connectivity index (χ2n) is 5.44. The van der Waals surface area contributed by atoms with Gasteiger partial charge < -0.3 is 10.4 Å². The highest BCUT2D eigenvalue weighted by Crippen LogP contribution is 2.37. The number of pyridine rings is 1. The first-order valence-electron chi connectivity index (χ1n) is 6.92. The average molecular weight is 273 g/mol. The van der Waals surface area contributed by atoms with Crippen LogP contribution in [0.2, 0.25) is 0 Å². The van der Waals surface area contributed by atoms with E-state index < -0.39 is 0 Å². The Bertz CT molecular complexity index is 556. The van der Waals surface area contributed by atoms with Crippen molar-refractivity contribution in [2.24, 2.45) is 5.92 Å². The van der Waals surface area contributed by atoms with Crippen molar-refractivity contribution in [2.75, 3.05) is 11.9 Å². The van der Waals surface area contributed by atoms with Crippen molar-refractivity contribution < 1.29 is 5.11 Å². The zero-order chi connectivity index (χ0) is 13.9. The van der Waals surface area contributed by atoms with Gasteiger partial charge in [0.05, 0.1) is 6.10 Å². The minimum absolute atomic E-state index is 0.234. The number of hydrogen-bond acceptors (Lipinski definition) is 5. The lowest BCUT2D eigenvalue weighted by atomic mass is 10.0. The number of anilines is 1. The van der Waals surface area contributed by atoms with Crippen molar-refractivity contribution in [2.45, 2.75) is 31.8 Å². The number of rotatable bonds is 4. The maximum absolute atomic E-state index is 10.2. The third-order valence-corrected chi connectivity index (χ3v) is 4.05. The van der Waals surface area contributed by atoms with Gasteiger partial charge in [-0.2, -0.15) is 5.10 Å². The summed E-state index contributed by atoms with van der Waals surface area (Å²) in [5, 5.41) is 20.4. The first-order valence-corrected chi connectivity index (χ1v) is 6.92. The summed E-state index contributed by atoms with van der Waals surface area (Å²) in [5.74, 6) is 1.39. The molecule has 0 bridgehead atoms. The molecule has 2 aromatic heterocycles. The Hall–Kier alpha value is -1.95. The highest BCUT2D eigenvalue weighted by Gasteiger charge is 2.34. The standard InChI is InChI=1S/C14H19N5O/c1-9-6-15-3-2-12(9)16-7-11-4-10(5-13(11)20)14-17-8-18-19-14/h2-3,6,8,10-11,13,20H,4-5,7H2,1H3,(H,15,16)(H,17,18,19)/t10?,11-,13-/m1/s1. The van der Waals surface area contributed by atoms with Gasteiger partial charge in [-0.1, -0.05) is 0 Å². The Labute approximate surface area is 117 Å². The maximum atomic E-state index is 10.2. The summed E-state index contributed by atoms with van der Waals surface area (Å²) in [7, 11) is 0. The molecule has 6 heteroatoms. The SMILES string of the molecule is Cc1cnccc1NC[C@H]1CC(c2ncn[nH]2)C[C@H]1O. The van der Waals surface area contributed by atoms with Crippen molar-refractivity contribution in [3.63, 3.8) is 0 Å². The Morgan fingerprint density at radius 1 is 1.45 bits per heavy atom. The number of hydrogen-bond donors (Lipinski definition) is 3. The number of nitrogens with one attached hydrogen (secondary N) is 2. The molecule has 0 aliphatic heterocycles. The van der Waals surface area contributed by atoms with Crippen molar-refractivity contribution in [3.8, 4) is 0 Å². The van der Waals surface area contributed by atoms with Gasteiger partial charge in [-0.3, -0.25) is 10.1 Å². The molecule has 1 saturated carbocycles. The number of aliphatic hydroxyl groups is 1. The smallest absolute Gasteiger partial charge is 0.137 e. The van der Waals surface area contributed by atoms with Crippen LogP contribution >= 0.6 is 0 Å². The van der Waals surface area contributed by atoms with E-state index in [4.69, 9.17) is 0 Å². The van der Waals surface area contributed by atoms with Crippen molar-refractivity contribution >= 4 is 5.69 Å². The molecule has 106 valence electrons. The fraction of sp³-hybridized carbons (Fsp3) is 0.500. The number of nitrogens with zero attached hydrogens (tertiary/aromatic N) is 3. The Kier molecular flexibility index (Phi) is 3.64. The molecule has 2 heterocycles. The molecule has 1 aliphatic rings.